The molecule has 1 N–H and O–H groups in total. The van der Waals surface area contributed by atoms with Crippen LogP contribution in [0.2, 0.25) is 0 Å². The van der Waals surface area contributed by atoms with E-state index < -0.39 is 0 Å². The van der Waals surface area contributed by atoms with Crippen LogP contribution in [-0.4, -0.2) is 24.2 Å². The Morgan fingerprint density at radius 1 is 1.47 bits per heavy atom. The van der Waals surface area contributed by atoms with Crippen LogP contribution in [0.3, 0.4) is 0 Å². The van der Waals surface area contributed by atoms with Gasteiger partial charge in [0.05, 0.1) is 17.8 Å². The van der Waals surface area contributed by atoms with Crippen molar-refractivity contribution in [2.75, 3.05) is 13.7 Å². The predicted octanol–water partition coefficient (Wildman–Crippen LogP) is 2.44. The number of halogens is 1. The number of hydrogen-bond donors (Lipinski definition) is 1. The highest BCUT2D eigenvalue weighted by atomic mass is 19.1. The summed E-state index contributed by atoms with van der Waals surface area (Å²) in [5, 5.41) is 3.22. The number of nitrogens with zero attached hydrogens (tertiary/aromatic N) is 1. The summed E-state index contributed by atoms with van der Waals surface area (Å²) < 4.78 is 19.1. The van der Waals surface area contributed by atoms with Gasteiger partial charge in [0.25, 0.3) is 0 Å². The first kappa shape index (κ1) is 12.5. The molecule has 1 aliphatic rings. The van der Waals surface area contributed by atoms with Crippen LogP contribution in [0.1, 0.15) is 37.8 Å². The van der Waals surface area contributed by atoms with E-state index in [1.165, 1.54) is 12.3 Å². The number of rotatable bonds is 3. The van der Waals surface area contributed by atoms with E-state index in [1.807, 2.05) is 7.05 Å². The molecule has 1 saturated heterocycles. The van der Waals surface area contributed by atoms with Gasteiger partial charge < -0.3 is 10.1 Å². The van der Waals surface area contributed by atoms with E-state index >= 15 is 0 Å². The van der Waals surface area contributed by atoms with Gasteiger partial charge in [0.2, 0.25) is 0 Å². The van der Waals surface area contributed by atoms with Gasteiger partial charge in [0.1, 0.15) is 5.82 Å². The predicted molar refractivity (Wildman–Crippen MR) is 64.2 cm³/mol. The van der Waals surface area contributed by atoms with Crippen LogP contribution in [0.5, 0.6) is 0 Å². The van der Waals surface area contributed by atoms with Gasteiger partial charge in [-0.25, -0.2) is 4.39 Å². The average Bonchev–Trinajstić information content (AvgIpc) is 2.30. The zero-order chi connectivity index (χ0) is 12.3. The van der Waals surface area contributed by atoms with Crippen molar-refractivity contribution in [3.63, 3.8) is 0 Å². The van der Waals surface area contributed by atoms with Crippen molar-refractivity contribution in [3.8, 4) is 0 Å². The number of aromatic nitrogens is 1. The minimum atomic E-state index is -0.304. The Bertz CT molecular complexity index is 377. The lowest BCUT2D eigenvalue weighted by Gasteiger charge is -2.40. The van der Waals surface area contributed by atoms with E-state index in [4.69, 9.17) is 4.74 Å². The number of likely N-dealkylation sites (N-methyl/N-ethyl adjacent to an activating group) is 1. The van der Waals surface area contributed by atoms with Gasteiger partial charge in [-0.15, -0.1) is 0 Å². The fraction of sp³-hybridized carbons (Fsp3) is 0.615. The monoisotopic (exact) mass is 238 g/mol. The zero-order valence-corrected chi connectivity index (χ0v) is 10.4. The second-order valence-electron chi connectivity index (χ2n) is 4.78. The van der Waals surface area contributed by atoms with Crippen LogP contribution in [0.25, 0.3) is 0 Å². The van der Waals surface area contributed by atoms with E-state index in [0.717, 1.165) is 31.4 Å². The van der Waals surface area contributed by atoms with Gasteiger partial charge in [-0.05, 0) is 44.9 Å². The molecule has 3 nitrogen and oxygen atoms in total. The molecule has 0 aliphatic carbocycles. The van der Waals surface area contributed by atoms with Crippen LogP contribution >= 0.6 is 0 Å². The van der Waals surface area contributed by atoms with Crippen LogP contribution in [0, 0.1) is 5.82 Å². The average molecular weight is 238 g/mol. The fourth-order valence-corrected chi connectivity index (χ4v) is 2.59. The van der Waals surface area contributed by atoms with E-state index in [1.54, 1.807) is 6.20 Å². The van der Waals surface area contributed by atoms with E-state index in [2.05, 4.69) is 17.2 Å². The molecule has 0 aromatic carbocycles. The molecular formula is C13H19FN2O. The first-order chi connectivity index (χ1) is 8.15. The highest BCUT2D eigenvalue weighted by molar-refractivity contribution is 5.19. The van der Waals surface area contributed by atoms with Crippen molar-refractivity contribution in [2.45, 2.75) is 37.8 Å². The third-order valence-corrected chi connectivity index (χ3v) is 3.46. The maximum absolute atomic E-state index is 13.2. The Balaban J connectivity index is 2.26. The molecule has 2 rings (SSSR count). The summed E-state index contributed by atoms with van der Waals surface area (Å²) in [6.45, 7) is 2.86. The summed E-state index contributed by atoms with van der Waals surface area (Å²) in [7, 11) is 1.87. The molecule has 1 aromatic heterocycles. The fourth-order valence-electron chi connectivity index (χ4n) is 2.59. The number of nitrogens with one attached hydrogen (secondary N) is 1. The van der Waals surface area contributed by atoms with Crippen molar-refractivity contribution in [1.82, 2.24) is 10.3 Å². The van der Waals surface area contributed by atoms with Crippen LogP contribution in [0.4, 0.5) is 4.39 Å². The van der Waals surface area contributed by atoms with Gasteiger partial charge in [-0.1, -0.05) is 0 Å². The van der Waals surface area contributed by atoms with Crippen LogP contribution in [0.15, 0.2) is 18.5 Å². The molecule has 1 aromatic rings. The maximum Gasteiger partial charge on any atom is 0.141 e. The largest absolute Gasteiger partial charge is 0.373 e. The molecule has 0 spiro atoms. The van der Waals surface area contributed by atoms with E-state index in [9.17, 15) is 4.39 Å². The molecule has 0 saturated carbocycles. The van der Waals surface area contributed by atoms with Crippen molar-refractivity contribution in [1.29, 1.82) is 0 Å². The Hall–Kier alpha value is -1.00. The standard InChI is InChI=1S/C13H19FN2O/c1-13(5-3-4-6-17-13)12(15-2)10-7-11(14)9-16-8-10/h7-9,12,15H,3-6H2,1-2H3. The van der Waals surface area contributed by atoms with Crippen molar-refractivity contribution in [2.24, 2.45) is 0 Å². The van der Waals surface area contributed by atoms with Crippen molar-refractivity contribution >= 4 is 0 Å². The summed E-state index contributed by atoms with van der Waals surface area (Å²) >= 11 is 0. The summed E-state index contributed by atoms with van der Waals surface area (Å²) in [6.07, 6.45) is 6.16. The number of hydrogen-bond acceptors (Lipinski definition) is 3. The lowest BCUT2D eigenvalue weighted by molar-refractivity contribution is -0.0885. The second-order valence-corrected chi connectivity index (χ2v) is 4.78. The van der Waals surface area contributed by atoms with Crippen LogP contribution in [-0.2, 0) is 4.74 Å². The van der Waals surface area contributed by atoms with E-state index in [-0.39, 0.29) is 17.5 Å². The minimum absolute atomic E-state index is 0.0222. The third-order valence-electron chi connectivity index (χ3n) is 3.46. The normalized spacial score (nSPS) is 26.8. The SMILES string of the molecule is CNC(c1cncc(F)c1)C1(C)CCCCO1. The molecule has 0 radical (unpaired) electrons. The molecular weight excluding hydrogens is 219 g/mol. The molecule has 94 valence electrons. The van der Waals surface area contributed by atoms with Crippen molar-refractivity contribution in [3.05, 3.63) is 29.8 Å². The second kappa shape index (κ2) is 5.10. The lowest BCUT2D eigenvalue weighted by Crippen LogP contribution is -2.44. The Morgan fingerprint density at radius 2 is 2.29 bits per heavy atom. The van der Waals surface area contributed by atoms with Gasteiger partial charge in [-0.3, -0.25) is 4.98 Å². The molecule has 0 amide bonds. The summed E-state index contributed by atoms with van der Waals surface area (Å²) in [5.74, 6) is -0.304. The number of ether oxygens (including phenoxy) is 1. The molecule has 1 aliphatic heterocycles. The first-order valence-corrected chi connectivity index (χ1v) is 6.07. The van der Waals surface area contributed by atoms with Gasteiger partial charge in [0, 0.05) is 12.8 Å². The number of pyridine rings is 1. The lowest BCUT2D eigenvalue weighted by atomic mass is 9.85. The topological polar surface area (TPSA) is 34.2 Å². The Morgan fingerprint density at radius 3 is 2.88 bits per heavy atom. The molecule has 4 heteroatoms. The molecule has 2 atom stereocenters. The zero-order valence-electron chi connectivity index (χ0n) is 10.4. The van der Waals surface area contributed by atoms with E-state index in [0.29, 0.717) is 0 Å². The Labute approximate surface area is 101 Å². The quantitative estimate of drug-likeness (QED) is 0.878. The van der Waals surface area contributed by atoms with Gasteiger partial charge >= 0.3 is 0 Å². The van der Waals surface area contributed by atoms with Gasteiger partial charge in [-0.2, -0.15) is 0 Å². The molecule has 2 unspecified atom stereocenters. The molecule has 2 heterocycles. The smallest absolute Gasteiger partial charge is 0.141 e. The third kappa shape index (κ3) is 2.64. The highest BCUT2D eigenvalue weighted by Crippen LogP contribution is 2.36. The van der Waals surface area contributed by atoms with Gasteiger partial charge in [0.15, 0.2) is 0 Å². The summed E-state index contributed by atoms with van der Waals surface area (Å²) in [6, 6.07) is 1.50. The summed E-state index contributed by atoms with van der Waals surface area (Å²) in [4.78, 5) is 3.91. The summed E-state index contributed by atoms with van der Waals surface area (Å²) in [5.41, 5.74) is 0.569. The maximum atomic E-state index is 13.2. The minimum Gasteiger partial charge on any atom is -0.373 e. The Kier molecular flexibility index (Phi) is 3.74. The van der Waals surface area contributed by atoms with Crippen molar-refractivity contribution < 1.29 is 9.13 Å². The molecule has 0 bridgehead atoms. The van der Waals surface area contributed by atoms with Crippen LogP contribution < -0.4 is 5.32 Å². The molecule has 17 heavy (non-hydrogen) atoms. The molecule has 1 fully saturated rings. The highest BCUT2D eigenvalue weighted by Gasteiger charge is 2.37. The first-order valence-electron chi connectivity index (χ1n) is 6.07.